The van der Waals surface area contributed by atoms with Crippen molar-refractivity contribution in [1.82, 2.24) is 15.1 Å². The van der Waals surface area contributed by atoms with Crippen LogP contribution >= 0.6 is 0 Å². The minimum atomic E-state index is 0.732. The molecule has 1 aliphatic carbocycles. The van der Waals surface area contributed by atoms with E-state index in [9.17, 15) is 0 Å². The molecule has 1 N–H and O–H groups in total. The Kier molecular flexibility index (Phi) is 7.09. The molecule has 3 heteroatoms. The summed E-state index contributed by atoms with van der Waals surface area (Å²) in [4.78, 5) is 4.82. The zero-order valence-corrected chi connectivity index (χ0v) is 12.2. The summed E-state index contributed by atoms with van der Waals surface area (Å²) in [6.07, 6.45) is 4.15. The van der Waals surface area contributed by atoms with Gasteiger partial charge >= 0.3 is 0 Å². The normalized spacial score (nSPS) is 18.0. The topological polar surface area (TPSA) is 18.5 Å². The summed E-state index contributed by atoms with van der Waals surface area (Å²) in [5, 5.41) is 3.66. The van der Waals surface area contributed by atoms with E-state index in [4.69, 9.17) is 0 Å². The minimum Gasteiger partial charge on any atom is -0.313 e. The third-order valence-corrected chi connectivity index (χ3v) is 3.75. The van der Waals surface area contributed by atoms with E-state index in [1.54, 1.807) is 0 Å². The van der Waals surface area contributed by atoms with Crippen LogP contribution in [0.25, 0.3) is 0 Å². The first-order chi connectivity index (χ1) is 8.13. The van der Waals surface area contributed by atoms with Crippen LogP contribution in [0.4, 0.5) is 0 Å². The molecule has 1 fully saturated rings. The Morgan fingerprint density at radius 3 is 2.41 bits per heavy atom. The van der Waals surface area contributed by atoms with Crippen molar-refractivity contribution in [3.8, 4) is 0 Å². The van der Waals surface area contributed by atoms with Gasteiger partial charge in [-0.3, -0.25) is 0 Å². The number of rotatable bonds is 10. The van der Waals surface area contributed by atoms with Crippen molar-refractivity contribution in [2.24, 2.45) is 5.92 Å². The van der Waals surface area contributed by atoms with Crippen LogP contribution < -0.4 is 5.32 Å². The molecule has 0 aliphatic heterocycles. The molecular formula is C14H31N3. The molecule has 0 bridgehead atoms. The van der Waals surface area contributed by atoms with Gasteiger partial charge in [0.2, 0.25) is 0 Å². The summed E-state index contributed by atoms with van der Waals surface area (Å²) in [7, 11) is 4.30. The molecule has 0 aromatic rings. The van der Waals surface area contributed by atoms with Gasteiger partial charge in [-0.25, -0.2) is 0 Å². The van der Waals surface area contributed by atoms with Crippen LogP contribution in [0.2, 0.25) is 0 Å². The van der Waals surface area contributed by atoms with Crippen LogP contribution in [-0.2, 0) is 0 Å². The Bertz CT molecular complexity index is 190. The van der Waals surface area contributed by atoms with Crippen molar-refractivity contribution in [1.29, 1.82) is 0 Å². The molecule has 0 radical (unpaired) electrons. The first-order valence-corrected chi connectivity index (χ1v) is 7.24. The summed E-state index contributed by atoms with van der Waals surface area (Å²) < 4.78 is 0. The Hall–Kier alpha value is -0.120. The first-order valence-electron chi connectivity index (χ1n) is 7.24. The van der Waals surface area contributed by atoms with E-state index in [-0.39, 0.29) is 0 Å². The number of hydrogen-bond acceptors (Lipinski definition) is 3. The van der Waals surface area contributed by atoms with Gasteiger partial charge in [0.05, 0.1) is 0 Å². The van der Waals surface area contributed by atoms with Gasteiger partial charge in [-0.1, -0.05) is 6.92 Å². The molecule has 0 aromatic heterocycles. The van der Waals surface area contributed by atoms with Gasteiger partial charge in [0.15, 0.2) is 0 Å². The monoisotopic (exact) mass is 241 g/mol. The van der Waals surface area contributed by atoms with Crippen LogP contribution in [0.3, 0.4) is 0 Å². The predicted octanol–water partition coefficient (Wildman–Crippen LogP) is 1.65. The Morgan fingerprint density at radius 2 is 1.88 bits per heavy atom. The van der Waals surface area contributed by atoms with E-state index in [1.807, 2.05) is 0 Å². The molecule has 17 heavy (non-hydrogen) atoms. The van der Waals surface area contributed by atoms with Crippen LogP contribution in [0.1, 0.15) is 33.1 Å². The third-order valence-electron chi connectivity index (χ3n) is 3.75. The molecule has 0 saturated heterocycles. The quantitative estimate of drug-likeness (QED) is 0.627. The van der Waals surface area contributed by atoms with Gasteiger partial charge < -0.3 is 15.1 Å². The number of nitrogens with one attached hydrogen (secondary N) is 1. The summed E-state index contributed by atoms with van der Waals surface area (Å²) in [6.45, 7) is 10.5. The lowest BCUT2D eigenvalue weighted by atomic mass is 10.2. The van der Waals surface area contributed by atoms with E-state index < -0.39 is 0 Å². The van der Waals surface area contributed by atoms with Gasteiger partial charge in [-0.05, 0) is 65.8 Å². The van der Waals surface area contributed by atoms with E-state index in [2.05, 4.69) is 43.1 Å². The van der Waals surface area contributed by atoms with Crippen LogP contribution in [-0.4, -0.2) is 62.7 Å². The molecule has 1 atom stereocenters. The lowest BCUT2D eigenvalue weighted by Gasteiger charge is -2.22. The molecule has 0 amide bonds. The van der Waals surface area contributed by atoms with Gasteiger partial charge in [0.25, 0.3) is 0 Å². The molecule has 1 unspecified atom stereocenters. The van der Waals surface area contributed by atoms with Crippen molar-refractivity contribution in [3.05, 3.63) is 0 Å². The first kappa shape index (κ1) is 14.9. The fraction of sp³-hybridized carbons (Fsp3) is 1.00. The molecule has 0 heterocycles. The van der Waals surface area contributed by atoms with Crippen molar-refractivity contribution in [2.75, 3.05) is 46.8 Å². The van der Waals surface area contributed by atoms with Gasteiger partial charge in [0.1, 0.15) is 0 Å². The Balaban J connectivity index is 2.00. The van der Waals surface area contributed by atoms with E-state index in [1.165, 1.54) is 45.4 Å². The average Bonchev–Trinajstić information content (AvgIpc) is 3.10. The van der Waals surface area contributed by atoms with Gasteiger partial charge in [-0.2, -0.15) is 0 Å². The molecule has 1 saturated carbocycles. The maximum absolute atomic E-state index is 3.66. The van der Waals surface area contributed by atoms with Gasteiger partial charge in [-0.15, -0.1) is 0 Å². The number of hydrogen-bond donors (Lipinski definition) is 1. The molecular weight excluding hydrogens is 210 g/mol. The minimum absolute atomic E-state index is 0.732. The fourth-order valence-corrected chi connectivity index (χ4v) is 2.25. The van der Waals surface area contributed by atoms with Crippen molar-refractivity contribution < 1.29 is 0 Å². The number of nitrogens with zero attached hydrogens (tertiary/aromatic N) is 2. The SMILES string of the molecule is CCN(CCCN(C)C)CCNC(C)C1CC1. The lowest BCUT2D eigenvalue weighted by molar-refractivity contribution is 0.261. The van der Waals surface area contributed by atoms with Crippen molar-refractivity contribution in [2.45, 2.75) is 39.2 Å². The third kappa shape index (κ3) is 7.02. The largest absolute Gasteiger partial charge is 0.313 e. The maximum atomic E-state index is 3.66. The smallest absolute Gasteiger partial charge is 0.0107 e. The second kappa shape index (κ2) is 8.06. The average molecular weight is 241 g/mol. The molecule has 1 rings (SSSR count). The van der Waals surface area contributed by atoms with E-state index >= 15 is 0 Å². The Morgan fingerprint density at radius 1 is 1.18 bits per heavy atom. The van der Waals surface area contributed by atoms with Crippen LogP contribution in [0.5, 0.6) is 0 Å². The summed E-state index contributed by atoms with van der Waals surface area (Å²) >= 11 is 0. The molecule has 3 nitrogen and oxygen atoms in total. The standard InChI is InChI=1S/C14H31N3/c1-5-17(11-6-10-16(3)4)12-9-15-13(2)14-7-8-14/h13-15H,5-12H2,1-4H3. The highest BCUT2D eigenvalue weighted by atomic mass is 15.1. The molecule has 0 aromatic carbocycles. The van der Waals surface area contributed by atoms with E-state index in [0.29, 0.717) is 0 Å². The van der Waals surface area contributed by atoms with Crippen LogP contribution in [0, 0.1) is 5.92 Å². The highest BCUT2D eigenvalue weighted by molar-refractivity contribution is 4.83. The number of likely N-dealkylation sites (N-methyl/N-ethyl adjacent to an activating group) is 1. The highest BCUT2D eigenvalue weighted by Gasteiger charge is 2.27. The highest BCUT2D eigenvalue weighted by Crippen LogP contribution is 2.32. The predicted molar refractivity (Wildman–Crippen MR) is 75.5 cm³/mol. The maximum Gasteiger partial charge on any atom is 0.0107 e. The second-order valence-corrected chi connectivity index (χ2v) is 5.67. The van der Waals surface area contributed by atoms with Crippen LogP contribution in [0.15, 0.2) is 0 Å². The molecule has 0 spiro atoms. The second-order valence-electron chi connectivity index (χ2n) is 5.67. The Labute approximate surface area is 108 Å². The lowest BCUT2D eigenvalue weighted by Crippen LogP contribution is -2.37. The summed E-state index contributed by atoms with van der Waals surface area (Å²) in [6, 6.07) is 0.732. The van der Waals surface area contributed by atoms with Crippen molar-refractivity contribution in [3.63, 3.8) is 0 Å². The summed E-state index contributed by atoms with van der Waals surface area (Å²) in [5.41, 5.74) is 0. The summed E-state index contributed by atoms with van der Waals surface area (Å²) in [5.74, 6) is 0.971. The van der Waals surface area contributed by atoms with Crippen molar-refractivity contribution >= 4 is 0 Å². The molecule has 102 valence electrons. The zero-order valence-electron chi connectivity index (χ0n) is 12.2. The van der Waals surface area contributed by atoms with Gasteiger partial charge in [0, 0.05) is 19.1 Å². The fourth-order valence-electron chi connectivity index (χ4n) is 2.25. The zero-order chi connectivity index (χ0) is 12.7. The van der Waals surface area contributed by atoms with E-state index in [0.717, 1.165) is 18.5 Å². The molecule has 1 aliphatic rings.